The summed E-state index contributed by atoms with van der Waals surface area (Å²) in [4.78, 5) is 0. The predicted octanol–water partition coefficient (Wildman–Crippen LogP) is 3.75. The Hall–Kier alpha value is -1.54. The van der Waals surface area contributed by atoms with Crippen molar-refractivity contribution in [2.75, 3.05) is 6.61 Å². The first-order valence-corrected chi connectivity index (χ1v) is 8.50. The van der Waals surface area contributed by atoms with Crippen LogP contribution in [0.2, 0.25) is 0 Å². The fourth-order valence-corrected chi connectivity index (χ4v) is 2.73. The SMILES string of the molecule is O=S(=O)(OC1=CCC(COCc2ccccc2)CC1)C(F)(F)F. The lowest BCUT2D eigenvalue weighted by Gasteiger charge is -2.22. The smallest absolute Gasteiger partial charge is 0.381 e. The molecule has 1 aliphatic rings. The van der Waals surface area contributed by atoms with Crippen LogP contribution in [0, 0.1) is 5.92 Å². The van der Waals surface area contributed by atoms with Crippen LogP contribution in [0.1, 0.15) is 24.8 Å². The molecule has 0 saturated carbocycles. The number of hydrogen-bond acceptors (Lipinski definition) is 4. The highest BCUT2D eigenvalue weighted by molar-refractivity contribution is 7.87. The van der Waals surface area contributed by atoms with Crippen molar-refractivity contribution in [2.45, 2.75) is 31.4 Å². The van der Waals surface area contributed by atoms with Crippen LogP contribution in [-0.2, 0) is 25.6 Å². The number of benzene rings is 1. The number of ether oxygens (including phenoxy) is 1. The summed E-state index contributed by atoms with van der Waals surface area (Å²) < 4.78 is 68.2. The zero-order valence-corrected chi connectivity index (χ0v) is 13.1. The lowest BCUT2D eigenvalue weighted by atomic mass is 9.94. The van der Waals surface area contributed by atoms with Crippen LogP contribution in [0.15, 0.2) is 42.2 Å². The van der Waals surface area contributed by atoms with Crippen LogP contribution in [0.25, 0.3) is 0 Å². The first kappa shape index (κ1) is 17.8. The van der Waals surface area contributed by atoms with Crippen molar-refractivity contribution in [3.63, 3.8) is 0 Å². The molecule has 1 unspecified atom stereocenters. The van der Waals surface area contributed by atoms with Crippen molar-refractivity contribution in [3.05, 3.63) is 47.7 Å². The Bertz CT molecular complexity index is 638. The average molecular weight is 350 g/mol. The summed E-state index contributed by atoms with van der Waals surface area (Å²) in [6.07, 6.45) is 2.49. The van der Waals surface area contributed by atoms with E-state index in [4.69, 9.17) is 4.74 Å². The number of allylic oxidation sites excluding steroid dienone is 2. The highest BCUT2D eigenvalue weighted by Gasteiger charge is 2.48. The van der Waals surface area contributed by atoms with Gasteiger partial charge >= 0.3 is 15.6 Å². The molecule has 1 aromatic rings. The minimum atomic E-state index is -5.57. The minimum Gasteiger partial charge on any atom is -0.381 e. The second kappa shape index (κ2) is 7.35. The van der Waals surface area contributed by atoms with E-state index in [-0.39, 0.29) is 18.1 Å². The van der Waals surface area contributed by atoms with Gasteiger partial charge in [0.2, 0.25) is 0 Å². The predicted molar refractivity (Wildman–Crippen MR) is 77.6 cm³/mol. The summed E-state index contributed by atoms with van der Waals surface area (Å²) >= 11 is 0. The number of rotatable bonds is 6. The van der Waals surface area contributed by atoms with E-state index in [1.165, 1.54) is 6.08 Å². The molecule has 128 valence electrons. The van der Waals surface area contributed by atoms with Gasteiger partial charge in [0.05, 0.1) is 13.2 Å². The third-order valence-electron chi connectivity index (χ3n) is 3.44. The molecule has 0 bridgehead atoms. The van der Waals surface area contributed by atoms with Crippen molar-refractivity contribution in [2.24, 2.45) is 5.92 Å². The quantitative estimate of drug-likeness (QED) is 0.579. The van der Waals surface area contributed by atoms with Crippen LogP contribution in [0.5, 0.6) is 0 Å². The fourth-order valence-electron chi connectivity index (χ4n) is 2.20. The van der Waals surface area contributed by atoms with Gasteiger partial charge < -0.3 is 8.92 Å². The number of hydrogen-bond donors (Lipinski definition) is 0. The van der Waals surface area contributed by atoms with E-state index in [2.05, 4.69) is 4.18 Å². The van der Waals surface area contributed by atoms with Gasteiger partial charge in [-0.15, -0.1) is 0 Å². The molecule has 0 heterocycles. The summed E-state index contributed by atoms with van der Waals surface area (Å²) in [5, 5.41) is 0. The summed E-state index contributed by atoms with van der Waals surface area (Å²) in [7, 11) is -5.57. The van der Waals surface area contributed by atoms with E-state index in [1.54, 1.807) is 0 Å². The van der Waals surface area contributed by atoms with Crippen LogP contribution >= 0.6 is 0 Å². The van der Waals surface area contributed by atoms with Crippen LogP contribution < -0.4 is 0 Å². The third kappa shape index (κ3) is 5.24. The van der Waals surface area contributed by atoms with Gasteiger partial charge in [-0.25, -0.2) is 0 Å². The summed E-state index contributed by atoms with van der Waals surface area (Å²) in [6, 6.07) is 9.61. The van der Waals surface area contributed by atoms with E-state index in [0.717, 1.165) is 5.56 Å². The molecule has 23 heavy (non-hydrogen) atoms. The van der Waals surface area contributed by atoms with Crippen LogP contribution in [0.4, 0.5) is 13.2 Å². The summed E-state index contributed by atoms with van der Waals surface area (Å²) in [5.74, 6) is -0.0127. The van der Waals surface area contributed by atoms with Gasteiger partial charge in [0.25, 0.3) is 0 Å². The molecule has 1 atom stereocenters. The molecule has 1 aliphatic carbocycles. The molecule has 2 rings (SSSR count). The lowest BCUT2D eigenvalue weighted by molar-refractivity contribution is -0.0525. The van der Waals surface area contributed by atoms with E-state index in [9.17, 15) is 21.6 Å². The maximum absolute atomic E-state index is 12.2. The zero-order chi connectivity index (χ0) is 16.9. The number of halogens is 3. The lowest BCUT2D eigenvalue weighted by Crippen LogP contribution is -2.26. The largest absolute Gasteiger partial charge is 0.534 e. The summed E-state index contributed by atoms with van der Waals surface area (Å²) in [5.41, 5.74) is -4.36. The van der Waals surface area contributed by atoms with E-state index < -0.39 is 15.6 Å². The molecule has 0 fully saturated rings. The van der Waals surface area contributed by atoms with Gasteiger partial charge in [-0.2, -0.15) is 21.6 Å². The van der Waals surface area contributed by atoms with E-state index in [0.29, 0.717) is 26.1 Å². The molecule has 0 aliphatic heterocycles. The third-order valence-corrected chi connectivity index (χ3v) is 4.44. The molecule has 0 N–H and O–H groups in total. The standard InChI is InChI=1S/C15H17F3O4S/c16-15(17,18)23(19,20)22-14-8-6-13(7-9-14)11-21-10-12-4-2-1-3-5-12/h1-5,8,13H,6-7,9-11H2. The second-order valence-corrected chi connectivity index (χ2v) is 6.83. The Labute approximate surface area is 133 Å². The molecular formula is C15H17F3O4S. The van der Waals surface area contributed by atoms with Gasteiger partial charge in [-0.3, -0.25) is 0 Å². The van der Waals surface area contributed by atoms with Gasteiger partial charge in [0.1, 0.15) is 5.76 Å². The number of alkyl halides is 3. The molecule has 0 aromatic heterocycles. The minimum absolute atomic E-state index is 0.139. The molecule has 4 nitrogen and oxygen atoms in total. The van der Waals surface area contributed by atoms with Crippen molar-refractivity contribution < 1.29 is 30.5 Å². The highest BCUT2D eigenvalue weighted by atomic mass is 32.2. The highest BCUT2D eigenvalue weighted by Crippen LogP contribution is 2.31. The van der Waals surface area contributed by atoms with Gasteiger partial charge in [0, 0.05) is 6.42 Å². The van der Waals surface area contributed by atoms with Crippen molar-refractivity contribution in [1.82, 2.24) is 0 Å². The van der Waals surface area contributed by atoms with Gasteiger partial charge in [0.15, 0.2) is 0 Å². The Kier molecular flexibility index (Phi) is 5.69. The molecule has 8 heteroatoms. The Morgan fingerprint density at radius 1 is 1.17 bits per heavy atom. The molecule has 0 amide bonds. The van der Waals surface area contributed by atoms with Gasteiger partial charge in [-0.1, -0.05) is 30.3 Å². The Morgan fingerprint density at radius 3 is 2.43 bits per heavy atom. The Balaban J connectivity index is 1.78. The zero-order valence-electron chi connectivity index (χ0n) is 12.3. The van der Waals surface area contributed by atoms with Crippen LogP contribution in [0.3, 0.4) is 0 Å². The monoisotopic (exact) mass is 350 g/mol. The molecule has 0 radical (unpaired) electrons. The molecule has 1 aromatic carbocycles. The van der Waals surface area contributed by atoms with Crippen molar-refractivity contribution in [1.29, 1.82) is 0 Å². The van der Waals surface area contributed by atoms with Crippen LogP contribution in [-0.4, -0.2) is 20.5 Å². The van der Waals surface area contributed by atoms with Crippen molar-refractivity contribution in [3.8, 4) is 0 Å². The summed E-state index contributed by atoms with van der Waals surface area (Å²) in [6.45, 7) is 0.928. The molecule has 0 saturated heterocycles. The second-order valence-electron chi connectivity index (χ2n) is 5.29. The average Bonchev–Trinajstić information content (AvgIpc) is 2.49. The molecule has 0 spiro atoms. The van der Waals surface area contributed by atoms with Gasteiger partial charge in [-0.05, 0) is 30.4 Å². The van der Waals surface area contributed by atoms with E-state index in [1.807, 2.05) is 30.3 Å². The van der Waals surface area contributed by atoms with Crippen molar-refractivity contribution >= 4 is 10.1 Å². The normalized spacial score (nSPS) is 19.3. The van der Waals surface area contributed by atoms with E-state index >= 15 is 0 Å². The Morgan fingerprint density at radius 2 is 1.87 bits per heavy atom. The topological polar surface area (TPSA) is 52.6 Å². The first-order chi connectivity index (χ1) is 10.8. The maximum Gasteiger partial charge on any atom is 0.534 e. The first-order valence-electron chi connectivity index (χ1n) is 7.09. The maximum atomic E-state index is 12.2. The fraction of sp³-hybridized carbons (Fsp3) is 0.467. The molecular weight excluding hydrogens is 333 g/mol.